The quantitative estimate of drug-likeness (QED) is 0.779. The molecule has 1 aromatic heterocycles. The van der Waals surface area contributed by atoms with Gasteiger partial charge in [0, 0.05) is 11.7 Å². The molecule has 0 aromatic carbocycles. The summed E-state index contributed by atoms with van der Waals surface area (Å²) in [4.78, 5) is 38.5. The Labute approximate surface area is 135 Å². The van der Waals surface area contributed by atoms with Gasteiger partial charge in [0.1, 0.15) is 5.69 Å². The number of hydrogen-bond acceptors (Lipinski definition) is 5. The lowest BCUT2D eigenvalue weighted by molar-refractivity contribution is -0.124. The van der Waals surface area contributed by atoms with Crippen LogP contribution in [-0.4, -0.2) is 41.6 Å². The molecule has 0 atom stereocenters. The Bertz CT molecular complexity index is 602. The minimum absolute atomic E-state index is 0.0342. The van der Waals surface area contributed by atoms with Crippen molar-refractivity contribution in [3.05, 3.63) is 22.5 Å². The van der Waals surface area contributed by atoms with Crippen LogP contribution in [0.25, 0.3) is 0 Å². The van der Waals surface area contributed by atoms with Gasteiger partial charge in [-0.2, -0.15) is 0 Å². The number of carbonyl (C=O) groups is 3. The third-order valence-electron chi connectivity index (χ3n) is 2.97. The van der Waals surface area contributed by atoms with Gasteiger partial charge in [-0.1, -0.05) is 0 Å². The summed E-state index contributed by atoms with van der Waals surface area (Å²) in [6.07, 6.45) is -0.258. The Morgan fingerprint density at radius 3 is 2.22 bits per heavy atom. The second kappa shape index (κ2) is 7.80. The van der Waals surface area contributed by atoms with Crippen LogP contribution < -0.4 is 5.32 Å². The van der Waals surface area contributed by atoms with Gasteiger partial charge in [0.2, 0.25) is 0 Å². The molecule has 1 heterocycles. The first kappa shape index (κ1) is 18.7. The second-order valence-electron chi connectivity index (χ2n) is 5.88. The second-order valence-corrected chi connectivity index (χ2v) is 5.88. The van der Waals surface area contributed by atoms with Crippen LogP contribution in [-0.2, 0) is 14.3 Å². The van der Waals surface area contributed by atoms with Crippen molar-refractivity contribution in [1.29, 1.82) is 0 Å². The molecule has 0 fully saturated rings. The maximum atomic E-state index is 12.1. The average Bonchev–Trinajstić information content (AvgIpc) is 2.69. The molecular formula is C16H24N2O5. The molecule has 1 rings (SSSR count). The van der Waals surface area contributed by atoms with Crippen molar-refractivity contribution in [3.63, 3.8) is 0 Å². The van der Waals surface area contributed by atoms with E-state index in [4.69, 9.17) is 9.47 Å². The highest BCUT2D eigenvalue weighted by molar-refractivity contribution is 5.99. The highest BCUT2D eigenvalue weighted by Gasteiger charge is 2.24. The molecule has 128 valence electrons. The monoisotopic (exact) mass is 324 g/mol. The molecule has 7 heteroatoms. The number of aryl methyl sites for hydroxylation is 1. The molecule has 0 spiro atoms. The summed E-state index contributed by atoms with van der Waals surface area (Å²) in [6.45, 7) is 10.0. The van der Waals surface area contributed by atoms with Gasteiger partial charge >= 0.3 is 11.9 Å². The summed E-state index contributed by atoms with van der Waals surface area (Å²) in [6, 6.07) is -0.0342. The van der Waals surface area contributed by atoms with Crippen molar-refractivity contribution in [2.45, 2.75) is 53.7 Å². The number of aromatic nitrogens is 1. The number of H-pyrrole nitrogens is 1. The summed E-state index contributed by atoms with van der Waals surface area (Å²) < 4.78 is 10.1. The van der Waals surface area contributed by atoms with Crippen molar-refractivity contribution in [3.8, 4) is 0 Å². The van der Waals surface area contributed by atoms with E-state index in [1.54, 1.807) is 27.7 Å². The van der Waals surface area contributed by atoms with Gasteiger partial charge < -0.3 is 19.8 Å². The van der Waals surface area contributed by atoms with Crippen LogP contribution in [0.2, 0.25) is 0 Å². The molecule has 0 saturated heterocycles. The molecule has 0 radical (unpaired) electrons. The first-order valence-electron chi connectivity index (χ1n) is 7.50. The number of amides is 1. The van der Waals surface area contributed by atoms with Crippen molar-refractivity contribution in [2.75, 3.05) is 6.61 Å². The predicted molar refractivity (Wildman–Crippen MR) is 84.4 cm³/mol. The first-order chi connectivity index (χ1) is 10.6. The van der Waals surface area contributed by atoms with Crippen molar-refractivity contribution in [2.24, 2.45) is 0 Å². The summed E-state index contributed by atoms with van der Waals surface area (Å²) >= 11 is 0. The minimum atomic E-state index is -0.687. The molecule has 0 aliphatic carbocycles. The van der Waals surface area contributed by atoms with Crippen LogP contribution >= 0.6 is 0 Å². The van der Waals surface area contributed by atoms with Crippen LogP contribution in [0.1, 0.15) is 59.8 Å². The molecule has 2 N–H and O–H groups in total. The van der Waals surface area contributed by atoms with Gasteiger partial charge in [0.05, 0.1) is 11.7 Å². The van der Waals surface area contributed by atoms with Gasteiger partial charge in [-0.25, -0.2) is 9.59 Å². The molecular weight excluding hydrogens is 300 g/mol. The molecule has 0 bridgehead atoms. The molecule has 0 saturated carbocycles. The Morgan fingerprint density at radius 1 is 1.09 bits per heavy atom. The molecule has 1 amide bonds. The van der Waals surface area contributed by atoms with E-state index in [2.05, 4.69) is 10.3 Å². The van der Waals surface area contributed by atoms with E-state index in [9.17, 15) is 14.4 Å². The number of hydrogen-bond donors (Lipinski definition) is 2. The Kier molecular flexibility index (Phi) is 6.36. The maximum absolute atomic E-state index is 12.1. The number of aromatic amines is 1. The van der Waals surface area contributed by atoms with Gasteiger partial charge in [-0.05, 0) is 47.1 Å². The fourth-order valence-electron chi connectivity index (χ4n) is 2.10. The molecule has 0 unspecified atom stereocenters. The summed E-state index contributed by atoms with van der Waals surface area (Å²) in [5.41, 5.74) is 1.43. The van der Waals surface area contributed by atoms with E-state index in [1.807, 2.05) is 13.8 Å². The largest absolute Gasteiger partial charge is 0.459 e. The topological polar surface area (TPSA) is 97.5 Å². The SMILES string of the molecule is Cc1[nH]c(C(=O)OCC(=O)NC(C)C)c(C)c1C(=O)OC(C)C. The average molecular weight is 324 g/mol. The Balaban J connectivity index is 2.83. The van der Waals surface area contributed by atoms with E-state index in [0.717, 1.165) is 0 Å². The van der Waals surface area contributed by atoms with Gasteiger partial charge in [0.15, 0.2) is 6.61 Å². The van der Waals surface area contributed by atoms with Crippen LogP contribution in [0.3, 0.4) is 0 Å². The van der Waals surface area contributed by atoms with E-state index >= 15 is 0 Å². The van der Waals surface area contributed by atoms with Gasteiger partial charge in [0.25, 0.3) is 5.91 Å². The number of ether oxygens (including phenoxy) is 2. The third-order valence-corrected chi connectivity index (χ3v) is 2.97. The Morgan fingerprint density at radius 2 is 1.70 bits per heavy atom. The normalized spacial score (nSPS) is 10.8. The van der Waals surface area contributed by atoms with Crippen LogP contribution in [0, 0.1) is 13.8 Å². The van der Waals surface area contributed by atoms with Crippen molar-refractivity contribution < 1.29 is 23.9 Å². The predicted octanol–water partition coefficient (Wildman–Crippen LogP) is 1.88. The van der Waals surface area contributed by atoms with Gasteiger partial charge in [-0.3, -0.25) is 4.79 Å². The third kappa shape index (κ3) is 5.12. The smallest absolute Gasteiger partial charge is 0.355 e. The molecule has 7 nitrogen and oxygen atoms in total. The standard InChI is InChI=1S/C16H24N2O5/c1-8(2)17-12(19)7-22-16(21)14-10(5)13(11(6)18-14)15(20)23-9(3)4/h8-9,18H,7H2,1-6H3,(H,17,19). The van der Waals surface area contributed by atoms with Gasteiger partial charge in [-0.15, -0.1) is 0 Å². The van der Waals surface area contributed by atoms with E-state index in [0.29, 0.717) is 16.8 Å². The fraction of sp³-hybridized carbons (Fsp3) is 0.562. The van der Waals surface area contributed by atoms with E-state index in [-0.39, 0.29) is 30.4 Å². The summed E-state index contributed by atoms with van der Waals surface area (Å²) in [7, 11) is 0. The maximum Gasteiger partial charge on any atom is 0.355 e. The fourth-order valence-corrected chi connectivity index (χ4v) is 2.10. The molecule has 0 aliphatic heterocycles. The highest BCUT2D eigenvalue weighted by Crippen LogP contribution is 2.20. The van der Waals surface area contributed by atoms with E-state index < -0.39 is 11.9 Å². The lowest BCUT2D eigenvalue weighted by Crippen LogP contribution is -2.34. The minimum Gasteiger partial charge on any atom is -0.459 e. The van der Waals surface area contributed by atoms with Crippen molar-refractivity contribution >= 4 is 17.8 Å². The summed E-state index contributed by atoms with van der Waals surface area (Å²) in [5, 5.41) is 2.62. The molecule has 23 heavy (non-hydrogen) atoms. The van der Waals surface area contributed by atoms with Crippen molar-refractivity contribution in [1.82, 2.24) is 10.3 Å². The highest BCUT2D eigenvalue weighted by atomic mass is 16.5. The zero-order chi connectivity index (χ0) is 17.7. The van der Waals surface area contributed by atoms with E-state index in [1.165, 1.54) is 0 Å². The van der Waals surface area contributed by atoms with Crippen LogP contribution in [0.15, 0.2) is 0 Å². The number of rotatable bonds is 6. The lowest BCUT2D eigenvalue weighted by Gasteiger charge is -2.09. The zero-order valence-electron chi connectivity index (χ0n) is 14.4. The number of nitrogens with one attached hydrogen (secondary N) is 2. The zero-order valence-corrected chi connectivity index (χ0v) is 14.4. The lowest BCUT2D eigenvalue weighted by atomic mass is 10.1. The first-order valence-corrected chi connectivity index (χ1v) is 7.50. The molecule has 0 aliphatic rings. The Hall–Kier alpha value is -2.31. The summed E-state index contributed by atoms with van der Waals surface area (Å²) in [5.74, 6) is -1.57. The molecule has 1 aromatic rings. The van der Waals surface area contributed by atoms with Crippen LogP contribution in [0.4, 0.5) is 0 Å². The number of carbonyl (C=O) groups excluding carboxylic acids is 3. The number of esters is 2. The van der Waals surface area contributed by atoms with Crippen LogP contribution in [0.5, 0.6) is 0 Å².